The predicted octanol–water partition coefficient (Wildman–Crippen LogP) is 3.41. The minimum Gasteiger partial charge on any atom is -0.407 e. The molecular weight excluding hydrogens is 408 g/mol. The number of nitrogens with zero attached hydrogens (tertiary/aromatic N) is 4. The Balaban J connectivity index is 1.89. The molecule has 156 valence electrons. The first-order valence-electron chi connectivity index (χ1n) is 8.98. The number of nitrogens with two attached hydrogens (primary N) is 1. The maximum absolute atomic E-state index is 13.4. The molecule has 0 saturated heterocycles. The number of benzene rings is 2. The molecule has 0 radical (unpaired) electrons. The molecule has 0 aliphatic heterocycles. The van der Waals surface area contributed by atoms with E-state index in [1.54, 1.807) is 0 Å². The van der Waals surface area contributed by atoms with E-state index in [1.165, 1.54) is 77.3 Å². The lowest BCUT2D eigenvalue weighted by Crippen LogP contribution is -2.28. The third kappa shape index (κ3) is 3.90. The molecular formula is C21H15F2N5O3. The number of carbonyl (C=O) groups excluding carboxylic acids is 2. The van der Waals surface area contributed by atoms with Crippen LogP contribution < -0.4 is 15.4 Å². The lowest BCUT2D eigenvalue weighted by Gasteiger charge is -2.18. The van der Waals surface area contributed by atoms with Crippen LogP contribution in [0.4, 0.5) is 19.3 Å². The van der Waals surface area contributed by atoms with Crippen molar-refractivity contribution in [1.29, 1.82) is 0 Å². The van der Waals surface area contributed by atoms with Crippen LogP contribution in [-0.2, 0) is 0 Å². The lowest BCUT2D eigenvalue weighted by molar-refractivity contribution is 0.0988. The normalized spacial score (nSPS) is 10.8. The number of anilines is 1. The average molecular weight is 423 g/mol. The summed E-state index contributed by atoms with van der Waals surface area (Å²) in [6, 6.07) is 10.8. The van der Waals surface area contributed by atoms with Crippen LogP contribution >= 0.6 is 0 Å². The molecule has 2 heterocycles. The summed E-state index contributed by atoms with van der Waals surface area (Å²) in [5.74, 6) is -1.24. The van der Waals surface area contributed by atoms with Crippen molar-refractivity contribution in [3.05, 3.63) is 78.3 Å². The Morgan fingerprint density at radius 2 is 1.65 bits per heavy atom. The molecule has 2 aromatic heterocycles. The second kappa shape index (κ2) is 7.82. The van der Waals surface area contributed by atoms with Gasteiger partial charge in [-0.05, 0) is 48.5 Å². The average Bonchev–Trinajstić information content (AvgIpc) is 3.12. The number of imidazole rings is 1. The van der Waals surface area contributed by atoms with Crippen molar-refractivity contribution in [1.82, 2.24) is 14.4 Å². The molecule has 2 amide bonds. The van der Waals surface area contributed by atoms with Crippen LogP contribution in [0.5, 0.6) is 5.75 Å². The van der Waals surface area contributed by atoms with Crippen LogP contribution in [-0.4, -0.2) is 33.4 Å². The third-order valence-corrected chi connectivity index (χ3v) is 4.51. The summed E-state index contributed by atoms with van der Waals surface area (Å²) in [6.07, 6.45) is 1.54. The molecule has 0 spiro atoms. The van der Waals surface area contributed by atoms with E-state index in [1.807, 2.05) is 0 Å². The Labute approximate surface area is 174 Å². The fraction of sp³-hybridized carbons (Fsp3) is 0.0476. The Hall–Kier alpha value is -4.34. The topological polar surface area (TPSA) is 103 Å². The summed E-state index contributed by atoms with van der Waals surface area (Å²) in [5, 5.41) is 0. The molecule has 10 heteroatoms. The van der Waals surface area contributed by atoms with E-state index >= 15 is 0 Å². The molecule has 31 heavy (non-hydrogen) atoms. The fourth-order valence-corrected chi connectivity index (χ4v) is 3.04. The molecule has 8 nitrogen and oxygen atoms in total. The number of carbonyl (C=O) groups is 2. The maximum Gasteiger partial charge on any atom is 0.410 e. The van der Waals surface area contributed by atoms with E-state index in [2.05, 4.69) is 9.97 Å². The van der Waals surface area contributed by atoms with E-state index in [0.29, 0.717) is 11.3 Å². The summed E-state index contributed by atoms with van der Waals surface area (Å²) in [6.45, 7) is 0. The van der Waals surface area contributed by atoms with E-state index in [4.69, 9.17) is 10.5 Å². The Morgan fingerprint density at radius 3 is 2.26 bits per heavy atom. The van der Waals surface area contributed by atoms with Crippen molar-refractivity contribution in [3.8, 4) is 17.0 Å². The predicted molar refractivity (Wildman–Crippen MR) is 108 cm³/mol. The molecule has 2 N–H and O–H groups in total. The molecule has 0 atom stereocenters. The van der Waals surface area contributed by atoms with Crippen LogP contribution in [0.25, 0.3) is 17.0 Å². The highest BCUT2D eigenvalue weighted by molar-refractivity contribution is 6.08. The SMILES string of the molecule is CN(C(=O)c1c(-c2ccc(F)cc2)nc2ncc(OC(N)=O)cn12)c1ccc(F)cc1. The first-order valence-corrected chi connectivity index (χ1v) is 8.98. The molecule has 0 unspecified atom stereocenters. The second-order valence-electron chi connectivity index (χ2n) is 6.54. The van der Waals surface area contributed by atoms with Gasteiger partial charge in [0.2, 0.25) is 5.78 Å². The van der Waals surface area contributed by atoms with Crippen LogP contribution in [0, 0.1) is 11.6 Å². The zero-order valence-corrected chi connectivity index (χ0v) is 16.1. The van der Waals surface area contributed by atoms with E-state index < -0.39 is 23.6 Å². The smallest absolute Gasteiger partial charge is 0.407 e. The van der Waals surface area contributed by atoms with Gasteiger partial charge in [0.1, 0.15) is 23.0 Å². The van der Waals surface area contributed by atoms with Gasteiger partial charge in [0.05, 0.1) is 12.4 Å². The number of hydrogen-bond donors (Lipinski definition) is 1. The summed E-state index contributed by atoms with van der Waals surface area (Å²) >= 11 is 0. The number of hydrogen-bond acceptors (Lipinski definition) is 5. The minimum atomic E-state index is -1.05. The van der Waals surface area contributed by atoms with Crippen LogP contribution in [0.2, 0.25) is 0 Å². The van der Waals surface area contributed by atoms with Gasteiger partial charge in [-0.15, -0.1) is 0 Å². The van der Waals surface area contributed by atoms with E-state index in [9.17, 15) is 18.4 Å². The van der Waals surface area contributed by atoms with Gasteiger partial charge in [-0.2, -0.15) is 0 Å². The van der Waals surface area contributed by atoms with Crippen molar-refractivity contribution in [2.24, 2.45) is 5.73 Å². The van der Waals surface area contributed by atoms with Crippen molar-refractivity contribution < 1.29 is 23.1 Å². The number of halogens is 2. The fourth-order valence-electron chi connectivity index (χ4n) is 3.04. The molecule has 4 aromatic rings. The standard InChI is InChI=1S/C21H15F2N5O3/c1-27(15-8-6-14(23)7-9-15)19(29)18-17(12-2-4-13(22)5-3-12)26-21-25-10-16(11-28(18)21)31-20(24)30/h2-11H,1H3,(H2,24,30). The van der Waals surface area contributed by atoms with Crippen molar-refractivity contribution in [2.45, 2.75) is 0 Å². The molecule has 4 rings (SSSR count). The van der Waals surface area contributed by atoms with Crippen LogP contribution in [0.3, 0.4) is 0 Å². The highest BCUT2D eigenvalue weighted by atomic mass is 19.1. The highest BCUT2D eigenvalue weighted by Crippen LogP contribution is 2.28. The Morgan fingerprint density at radius 1 is 1.03 bits per heavy atom. The maximum atomic E-state index is 13.4. The first-order chi connectivity index (χ1) is 14.8. The summed E-state index contributed by atoms with van der Waals surface area (Å²) in [4.78, 5) is 34.4. The van der Waals surface area contributed by atoms with Crippen molar-refractivity contribution >= 4 is 23.5 Å². The zero-order valence-electron chi connectivity index (χ0n) is 16.1. The van der Waals surface area contributed by atoms with Gasteiger partial charge in [-0.25, -0.2) is 23.5 Å². The number of amides is 2. The quantitative estimate of drug-likeness (QED) is 0.542. The molecule has 0 bridgehead atoms. The molecule has 0 aliphatic carbocycles. The van der Waals surface area contributed by atoms with E-state index in [0.717, 1.165) is 0 Å². The number of aromatic nitrogens is 3. The van der Waals surface area contributed by atoms with Gasteiger partial charge in [-0.3, -0.25) is 9.20 Å². The summed E-state index contributed by atoms with van der Waals surface area (Å²) in [7, 11) is 1.51. The van der Waals surface area contributed by atoms with Gasteiger partial charge in [0.25, 0.3) is 5.91 Å². The van der Waals surface area contributed by atoms with Gasteiger partial charge < -0.3 is 15.4 Å². The summed E-state index contributed by atoms with van der Waals surface area (Å²) in [5.41, 5.74) is 6.28. The molecule has 0 aliphatic rings. The molecule has 0 saturated carbocycles. The monoisotopic (exact) mass is 423 g/mol. The Kier molecular flexibility index (Phi) is 5.04. The Bertz CT molecular complexity index is 1290. The van der Waals surface area contributed by atoms with Gasteiger partial charge in [0, 0.05) is 18.3 Å². The second-order valence-corrected chi connectivity index (χ2v) is 6.54. The van der Waals surface area contributed by atoms with Gasteiger partial charge in [0.15, 0.2) is 5.75 Å². The largest absolute Gasteiger partial charge is 0.410 e. The van der Waals surface area contributed by atoms with E-state index in [-0.39, 0.29) is 22.9 Å². The van der Waals surface area contributed by atoms with Gasteiger partial charge in [-0.1, -0.05) is 0 Å². The van der Waals surface area contributed by atoms with Gasteiger partial charge >= 0.3 is 6.09 Å². The van der Waals surface area contributed by atoms with Crippen LogP contribution in [0.15, 0.2) is 60.9 Å². The highest BCUT2D eigenvalue weighted by Gasteiger charge is 2.25. The summed E-state index contributed by atoms with van der Waals surface area (Å²) < 4.78 is 32.9. The lowest BCUT2D eigenvalue weighted by atomic mass is 10.1. The van der Waals surface area contributed by atoms with Crippen molar-refractivity contribution in [2.75, 3.05) is 11.9 Å². The molecule has 0 fully saturated rings. The number of primary amides is 1. The number of rotatable bonds is 4. The number of ether oxygens (including phenoxy) is 1. The minimum absolute atomic E-state index is 0.00143. The molecule has 2 aromatic carbocycles. The third-order valence-electron chi connectivity index (χ3n) is 4.51. The zero-order chi connectivity index (χ0) is 22.1. The number of fused-ring (bicyclic) bond motifs is 1. The van der Waals surface area contributed by atoms with Crippen molar-refractivity contribution in [3.63, 3.8) is 0 Å². The first kappa shape index (κ1) is 20.0. The van der Waals surface area contributed by atoms with Crippen LogP contribution in [0.1, 0.15) is 10.5 Å².